The van der Waals surface area contributed by atoms with Crippen molar-refractivity contribution in [2.75, 3.05) is 19.5 Å². The molecule has 0 saturated heterocycles. The van der Waals surface area contributed by atoms with E-state index in [9.17, 15) is 5.11 Å². The first-order chi connectivity index (χ1) is 6.52. The minimum Gasteiger partial charge on any atom is -0.385 e. The summed E-state index contributed by atoms with van der Waals surface area (Å²) >= 11 is 1.61. The second-order valence-corrected chi connectivity index (χ2v) is 4.56. The molecule has 0 rings (SSSR count). The van der Waals surface area contributed by atoms with E-state index in [1.165, 1.54) is 0 Å². The molecule has 0 aliphatic rings. The average Bonchev–Trinajstić information content (AvgIpc) is 2.08. The number of thioether (sulfide) groups is 1. The summed E-state index contributed by atoms with van der Waals surface area (Å²) in [6.45, 7) is 6.00. The van der Waals surface area contributed by atoms with Gasteiger partial charge >= 0.3 is 0 Å². The van der Waals surface area contributed by atoms with E-state index < -0.39 is 5.60 Å². The zero-order valence-electron chi connectivity index (χ0n) is 9.26. The lowest BCUT2D eigenvalue weighted by molar-refractivity contribution is 0.129. The Morgan fingerprint density at radius 2 is 2.21 bits per heavy atom. The van der Waals surface area contributed by atoms with Gasteiger partial charge in [0, 0.05) is 18.1 Å². The minimum absolute atomic E-state index is 0.423. The molecule has 0 spiro atoms. The van der Waals surface area contributed by atoms with E-state index in [-0.39, 0.29) is 0 Å². The number of rotatable bonds is 4. The fourth-order valence-electron chi connectivity index (χ4n) is 0.781. The summed E-state index contributed by atoms with van der Waals surface area (Å²) in [6, 6.07) is 0. The number of aliphatic hydroxyl groups is 1. The van der Waals surface area contributed by atoms with Gasteiger partial charge in [0.1, 0.15) is 6.61 Å². The summed E-state index contributed by atoms with van der Waals surface area (Å²) in [7, 11) is 1.61. The van der Waals surface area contributed by atoms with Crippen LogP contribution in [0.25, 0.3) is 0 Å². The molecule has 80 valence electrons. The highest BCUT2D eigenvalue weighted by molar-refractivity contribution is 8.03. The topological polar surface area (TPSA) is 29.5 Å². The number of ether oxygens (including phenoxy) is 1. The van der Waals surface area contributed by atoms with E-state index >= 15 is 0 Å². The van der Waals surface area contributed by atoms with Crippen molar-refractivity contribution in [3.05, 3.63) is 11.0 Å². The van der Waals surface area contributed by atoms with Crippen molar-refractivity contribution in [2.24, 2.45) is 0 Å². The molecule has 14 heavy (non-hydrogen) atoms. The van der Waals surface area contributed by atoms with Gasteiger partial charge in [0.2, 0.25) is 0 Å². The third-order valence-corrected chi connectivity index (χ3v) is 2.64. The normalized spacial score (nSPS) is 12.2. The van der Waals surface area contributed by atoms with Crippen molar-refractivity contribution in [1.82, 2.24) is 0 Å². The fourth-order valence-corrected chi connectivity index (χ4v) is 1.59. The third-order valence-electron chi connectivity index (χ3n) is 1.42. The van der Waals surface area contributed by atoms with Gasteiger partial charge in [0.05, 0.1) is 5.60 Å². The monoisotopic (exact) mass is 214 g/mol. The van der Waals surface area contributed by atoms with Crippen LogP contribution < -0.4 is 0 Å². The van der Waals surface area contributed by atoms with Crippen LogP contribution in [0.4, 0.5) is 0 Å². The summed E-state index contributed by atoms with van der Waals surface area (Å²) in [5, 5.41) is 9.78. The predicted octanol–water partition coefficient (Wildman–Crippen LogP) is 2.04. The molecule has 0 aromatic rings. The summed E-state index contributed by atoms with van der Waals surface area (Å²) in [6.07, 6.45) is 1.76. The van der Waals surface area contributed by atoms with Crippen molar-refractivity contribution in [1.29, 1.82) is 0 Å². The second kappa shape index (κ2) is 6.94. The summed E-state index contributed by atoms with van der Waals surface area (Å²) in [4.78, 5) is 0.892. The average molecular weight is 214 g/mol. The molecule has 0 unspecified atom stereocenters. The summed E-state index contributed by atoms with van der Waals surface area (Å²) in [5.41, 5.74) is -0.803. The van der Waals surface area contributed by atoms with Crippen LogP contribution in [-0.4, -0.2) is 30.2 Å². The van der Waals surface area contributed by atoms with Gasteiger partial charge in [-0.3, -0.25) is 0 Å². The van der Waals surface area contributed by atoms with Crippen LogP contribution in [0.15, 0.2) is 11.0 Å². The van der Waals surface area contributed by atoms with Crippen LogP contribution in [0.2, 0.25) is 0 Å². The Kier molecular flexibility index (Phi) is 6.73. The summed E-state index contributed by atoms with van der Waals surface area (Å²) in [5.74, 6) is 6.62. The van der Waals surface area contributed by atoms with Gasteiger partial charge in [0.25, 0.3) is 0 Å². The molecule has 0 radical (unpaired) electrons. The van der Waals surface area contributed by atoms with Crippen LogP contribution in [0.1, 0.15) is 20.8 Å². The number of hydrogen-bond acceptors (Lipinski definition) is 3. The molecule has 0 aliphatic carbocycles. The van der Waals surface area contributed by atoms with Crippen molar-refractivity contribution in [3.63, 3.8) is 0 Å². The Bertz CT molecular complexity index is 240. The maximum Gasteiger partial charge on any atom is 0.107 e. The minimum atomic E-state index is -0.803. The molecule has 0 bridgehead atoms. The van der Waals surface area contributed by atoms with E-state index in [0.717, 1.165) is 10.7 Å². The standard InChI is InChI=1S/C11H18O2S/c1-5-14-10(11(2,3)12)8-6-7-9-13-4/h8,12H,5,9H2,1-4H3. The first-order valence-electron chi connectivity index (χ1n) is 4.55. The molecular formula is C11H18O2S. The number of allylic oxidation sites excluding steroid dienone is 1. The van der Waals surface area contributed by atoms with Gasteiger partial charge in [-0.2, -0.15) is 0 Å². The Hall–Kier alpha value is -0.430. The SMILES string of the molecule is CCSC(=CC#CCOC)C(C)(C)O. The maximum absolute atomic E-state index is 9.78. The molecule has 1 N–H and O–H groups in total. The second-order valence-electron chi connectivity index (χ2n) is 3.25. The number of methoxy groups -OCH3 is 1. The highest BCUT2D eigenvalue weighted by Crippen LogP contribution is 2.26. The highest BCUT2D eigenvalue weighted by atomic mass is 32.2. The van der Waals surface area contributed by atoms with Gasteiger partial charge < -0.3 is 9.84 Å². The van der Waals surface area contributed by atoms with E-state index in [0.29, 0.717) is 6.61 Å². The van der Waals surface area contributed by atoms with Crippen molar-refractivity contribution in [2.45, 2.75) is 26.4 Å². The molecule has 0 amide bonds. The Morgan fingerprint density at radius 1 is 1.57 bits per heavy atom. The van der Waals surface area contributed by atoms with Gasteiger partial charge in [-0.15, -0.1) is 11.8 Å². The lowest BCUT2D eigenvalue weighted by Gasteiger charge is -2.19. The highest BCUT2D eigenvalue weighted by Gasteiger charge is 2.18. The molecule has 0 fully saturated rings. The Morgan fingerprint density at radius 3 is 2.64 bits per heavy atom. The molecular weight excluding hydrogens is 196 g/mol. The molecule has 0 heterocycles. The van der Waals surface area contributed by atoms with Gasteiger partial charge in [-0.05, 0) is 19.6 Å². The first kappa shape index (κ1) is 13.6. The molecule has 0 saturated carbocycles. The molecule has 0 atom stereocenters. The van der Waals surface area contributed by atoms with Crippen LogP contribution in [-0.2, 0) is 4.74 Å². The van der Waals surface area contributed by atoms with Crippen LogP contribution in [0.5, 0.6) is 0 Å². The molecule has 0 aromatic heterocycles. The van der Waals surface area contributed by atoms with Crippen molar-refractivity contribution in [3.8, 4) is 11.8 Å². The Labute approximate surface area is 90.7 Å². The smallest absolute Gasteiger partial charge is 0.107 e. The van der Waals surface area contributed by atoms with Crippen LogP contribution in [0.3, 0.4) is 0 Å². The van der Waals surface area contributed by atoms with Crippen LogP contribution >= 0.6 is 11.8 Å². The number of hydrogen-bond donors (Lipinski definition) is 1. The maximum atomic E-state index is 9.78. The lowest BCUT2D eigenvalue weighted by Crippen LogP contribution is -2.20. The first-order valence-corrected chi connectivity index (χ1v) is 5.54. The lowest BCUT2D eigenvalue weighted by atomic mass is 10.1. The molecule has 3 heteroatoms. The van der Waals surface area contributed by atoms with Gasteiger partial charge in [-0.1, -0.05) is 18.8 Å². The zero-order chi connectivity index (χ0) is 11.0. The van der Waals surface area contributed by atoms with Gasteiger partial charge in [-0.25, -0.2) is 0 Å². The van der Waals surface area contributed by atoms with E-state index in [4.69, 9.17) is 4.74 Å². The fraction of sp³-hybridized carbons (Fsp3) is 0.636. The van der Waals surface area contributed by atoms with E-state index in [1.807, 2.05) is 6.92 Å². The van der Waals surface area contributed by atoms with Crippen LogP contribution in [0, 0.1) is 11.8 Å². The van der Waals surface area contributed by atoms with E-state index in [1.54, 1.807) is 38.8 Å². The molecule has 0 aromatic carbocycles. The molecule has 2 nitrogen and oxygen atoms in total. The summed E-state index contributed by atoms with van der Waals surface area (Å²) < 4.78 is 4.80. The van der Waals surface area contributed by atoms with E-state index in [2.05, 4.69) is 11.8 Å². The Balaban J connectivity index is 4.44. The zero-order valence-corrected chi connectivity index (χ0v) is 10.1. The largest absolute Gasteiger partial charge is 0.385 e. The third kappa shape index (κ3) is 6.09. The quantitative estimate of drug-likeness (QED) is 0.726. The van der Waals surface area contributed by atoms with Crippen molar-refractivity contribution >= 4 is 11.8 Å². The van der Waals surface area contributed by atoms with Crippen molar-refractivity contribution < 1.29 is 9.84 Å². The van der Waals surface area contributed by atoms with Gasteiger partial charge in [0.15, 0.2) is 0 Å². The molecule has 0 aliphatic heterocycles. The predicted molar refractivity (Wildman–Crippen MR) is 62.2 cm³/mol.